The Morgan fingerprint density at radius 2 is 1.93 bits per heavy atom. The first kappa shape index (κ1) is 20.0. The van der Waals surface area contributed by atoms with Gasteiger partial charge in [0.15, 0.2) is 0 Å². The molecule has 152 valence electrons. The van der Waals surface area contributed by atoms with Gasteiger partial charge in [-0.25, -0.2) is 9.78 Å². The number of carbonyl (C=O) groups is 1. The average Bonchev–Trinajstić information content (AvgIpc) is 3.11. The normalized spacial score (nSPS) is 11.0. The third-order valence-corrected chi connectivity index (χ3v) is 5.88. The summed E-state index contributed by atoms with van der Waals surface area (Å²) in [5.74, 6) is -0.348. The summed E-state index contributed by atoms with van der Waals surface area (Å²) < 4.78 is 6.81. The lowest BCUT2D eigenvalue weighted by Crippen LogP contribution is -2.21. The number of rotatable bonds is 6. The van der Waals surface area contributed by atoms with Crippen LogP contribution in [0.15, 0.2) is 65.7 Å². The van der Waals surface area contributed by atoms with E-state index in [0.717, 1.165) is 32.8 Å². The van der Waals surface area contributed by atoms with E-state index in [-0.39, 0.29) is 11.5 Å². The minimum absolute atomic E-state index is 0.0813. The van der Waals surface area contributed by atoms with Gasteiger partial charge in [-0.05, 0) is 36.6 Å². The highest BCUT2D eigenvalue weighted by atomic mass is 32.1. The lowest BCUT2D eigenvalue weighted by atomic mass is 10.0. The van der Waals surface area contributed by atoms with Gasteiger partial charge in [0.1, 0.15) is 4.83 Å². The molecular weight excluding hydrogens is 396 g/mol. The lowest BCUT2D eigenvalue weighted by molar-refractivity contribution is 0.0505. The first-order valence-corrected chi connectivity index (χ1v) is 10.7. The highest BCUT2D eigenvalue weighted by molar-refractivity contribution is 7.19. The van der Waals surface area contributed by atoms with Crippen LogP contribution in [0.25, 0.3) is 21.3 Å². The molecule has 0 amide bonds. The largest absolute Gasteiger partial charge is 0.462 e. The van der Waals surface area contributed by atoms with Gasteiger partial charge in [0, 0.05) is 10.4 Å². The number of aryl methyl sites for hydroxylation is 1. The van der Waals surface area contributed by atoms with Crippen LogP contribution in [-0.4, -0.2) is 22.1 Å². The highest BCUT2D eigenvalue weighted by Crippen LogP contribution is 2.35. The minimum Gasteiger partial charge on any atom is -0.462 e. The molecule has 6 heteroatoms. The highest BCUT2D eigenvalue weighted by Gasteiger charge is 2.17. The van der Waals surface area contributed by atoms with Crippen molar-refractivity contribution in [2.24, 2.45) is 0 Å². The number of benzene rings is 2. The van der Waals surface area contributed by atoms with Gasteiger partial charge in [-0.3, -0.25) is 9.36 Å². The van der Waals surface area contributed by atoms with Crippen LogP contribution in [0.4, 0.5) is 0 Å². The monoisotopic (exact) mass is 418 g/mol. The van der Waals surface area contributed by atoms with Crippen LogP contribution < -0.4 is 5.56 Å². The summed E-state index contributed by atoms with van der Waals surface area (Å²) in [6, 6.07) is 17.1. The Morgan fingerprint density at radius 1 is 1.13 bits per heavy atom. The van der Waals surface area contributed by atoms with E-state index in [2.05, 4.69) is 4.98 Å². The second-order valence-electron chi connectivity index (χ2n) is 7.09. The zero-order valence-corrected chi connectivity index (χ0v) is 17.7. The summed E-state index contributed by atoms with van der Waals surface area (Å²) in [6.45, 7) is 4.70. The Bertz CT molecular complexity index is 1260. The van der Waals surface area contributed by atoms with Crippen molar-refractivity contribution in [1.82, 2.24) is 9.55 Å². The molecule has 0 fully saturated rings. The molecule has 4 aromatic rings. The summed E-state index contributed by atoms with van der Waals surface area (Å²) in [6.07, 6.45) is 2.35. The van der Waals surface area contributed by atoms with Crippen molar-refractivity contribution in [3.05, 3.63) is 87.3 Å². The predicted octanol–water partition coefficient (Wildman–Crippen LogP) is 5.05. The molecule has 0 bridgehead atoms. The van der Waals surface area contributed by atoms with E-state index in [0.29, 0.717) is 24.1 Å². The molecule has 0 spiro atoms. The third kappa shape index (κ3) is 3.91. The average molecular weight is 419 g/mol. The van der Waals surface area contributed by atoms with Crippen molar-refractivity contribution in [3.8, 4) is 11.1 Å². The Balaban J connectivity index is 1.72. The summed E-state index contributed by atoms with van der Waals surface area (Å²) in [5.41, 5.74) is 3.21. The van der Waals surface area contributed by atoms with Gasteiger partial charge in [-0.2, -0.15) is 0 Å². The molecule has 2 heterocycles. The van der Waals surface area contributed by atoms with E-state index < -0.39 is 0 Å². The fourth-order valence-corrected chi connectivity index (χ4v) is 4.48. The summed E-state index contributed by atoms with van der Waals surface area (Å²) in [5, 5.41) is 0.643. The minimum atomic E-state index is -0.348. The Kier molecular flexibility index (Phi) is 5.77. The van der Waals surface area contributed by atoms with Gasteiger partial charge in [0.25, 0.3) is 5.56 Å². The van der Waals surface area contributed by atoms with Crippen LogP contribution in [0.1, 0.15) is 34.1 Å². The summed E-state index contributed by atoms with van der Waals surface area (Å²) in [7, 11) is 0. The van der Waals surface area contributed by atoms with Crippen molar-refractivity contribution in [3.63, 3.8) is 0 Å². The molecule has 4 rings (SSSR count). The molecule has 0 aliphatic rings. The maximum absolute atomic E-state index is 13.3. The number of esters is 1. The van der Waals surface area contributed by atoms with Crippen molar-refractivity contribution < 1.29 is 9.53 Å². The second-order valence-corrected chi connectivity index (χ2v) is 8.30. The van der Waals surface area contributed by atoms with E-state index in [9.17, 15) is 9.59 Å². The van der Waals surface area contributed by atoms with E-state index in [4.69, 9.17) is 4.74 Å². The van der Waals surface area contributed by atoms with Gasteiger partial charge in [0.2, 0.25) is 0 Å². The van der Waals surface area contributed by atoms with Crippen molar-refractivity contribution >= 4 is 27.5 Å². The molecule has 0 N–H and O–H groups in total. The molecule has 0 unspecified atom stereocenters. The quantitative estimate of drug-likeness (QED) is 0.411. The number of aromatic nitrogens is 2. The fourth-order valence-electron chi connectivity index (χ4n) is 3.47. The topological polar surface area (TPSA) is 61.2 Å². The van der Waals surface area contributed by atoms with Gasteiger partial charge in [0.05, 0.1) is 30.4 Å². The zero-order chi connectivity index (χ0) is 21.1. The maximum Gasteiger partial charge on any atom is 0.338 e. The van der Waals surface area contributed by atoms with E-state index in [1.165, 1.54) is 11.3 Å². The van der Waals surface area contributed by atoms with Gasteiger partial charge in [-0.1, -0.05) is 49.4 Å². The third-order valence-electron chi connectivity index (χ3n) is 4.87. The molecule has 0 saturated carbocycles. The van der Waals surface area contributed by atoms with Crippen LogP contribution in [-0.2, 0) is 11.3 Å². The van der Waals surface area contributed by atoms with Crippen LogP contribution >= 0.6 is 11.3 Å². The molecular formula is C24H22N2O3S. The predicted molar refractivity (Wildman–Crippen MR) is 120 cm³/mol. The molecule has 30 heavy (non-hydrogen) atoms. The number of ether oxygens (including phenoxy) is 1. The van der Waals surface area contributed by atoms with Crippen LogP contribution in [0.2, 0.25) is 0 Å². The van der Waals surface area contributed by atoms with Gasteiger partial charge in [-0.15, -0.1) is 11.3 Å². The number of fused-ring (bicyclic) bond motifs is 1. The van der Waals surface area contributed by atoms with Gasteiger partial charge >= 0.3 is 5.97 Å². The van der Waals surface area contributed by atoms with Crippen LogP contribution in [0, 0.1) is 6.92 Å². The van der Waals surface area contributed by atoms with Crippen molar-refractivity contribution in [1.29, 1.82) is 0 Å². The fraction of sp³-hybridized carbons (Fsp3) is 0.208. The molecule has 0 atom stereocenters. The molecule has 0 aliphatic heterocycles. The Morgan fingerprint density at radius 3 is 2.70 bits per heavy atom. The SMILES string of the molecule is CCCOC(=O)c1cccc(Cn2cnc3sc(C)c(-c4ccccc4)c3c2=O)c1. The zero-order valence-electron chi connectivity index (χ0n) is 16.9. The summed E-state index contributed by atoms with van der Waals surface area (Å²) >= 11 is 1.53. The molecule has 0 radical (unpaired) electrons. The summed E-state index contributed by atoms with van der Waals surface area (Å²) in [4.78, 5) is 31.8. The number of thiophene rings is 1. The Labute approximate surface area is 178 Å². The first-order chi connectivity index (χ1) is 14.6. The van der Waals surface area contributed by atoms with E-state index in [1.54, 1.807) is 29.1 Å². The first-order valence-electron chi connectivity index (χ1n) is 9.88. The number of nitrogens with zero attached hydrogens (tertiary/aromatic N) is 2. The smallest absolute Gasteiger partial charge is 0.338 e. The van der Waals surface area contributed by atoms with Crippen molar-refractivity contribution in [2.75, 3.05) is 6.61 Å². The van der Waals surface area contributed by atoms with E-state index in [1.807, 2.05) is 50.2 Å². The number of carbonyl (C=O) groups excluding carboxylic acids is 1. The Hall–Kier alpha value is -3.25. The van der Waals surface area contributed by atoms with Crippen LogP contribution in [0.3, 0.4) is 0 Å². The lowest BCUT2D eigenvalue weighted by Gasteiger charge is -2.09. The molecule has 0 saturated heterocycles. The second kappa shape index (κ2) is 8.63. The maximum atomic E-state index is 13.3. The number of hydrogen-bond acceptors (Lipinski definition) is 5. The van der Waals surface area contributed by atoms with Crippen LogP contribution in [0.5, 0.6) is 0 Å². The molecule has 0 aliphatic carbocycles. The van der Waals surface area contributed by atoms with Crippen molar-refractivity contribution in [2.45, 2.75) is 26.8 Å². The standard InChI is InChI=1S/C24H22N2O3S/c1-3-12-29-24(28)19-11-7-8-17(13-19)14-26-15-25-22-21(23(26)27)20(16(2)30-22)18-9-5-4-6-10-18/h4-11,13,15H,3,12,14H2,1-2H3. The molecule has 2 aromatic heterocycles. The molecule has 2 aromatic carbocycles. The molecule has 5 nitrogen and oxygen atoms in total. The van der Waals surface area contributed by atoms with E-state index >= 15 is 0 Å². The van der Waals surface area contributed by atoms with Gasteiger partial charge < -0.3 is 4.74 Å². The number of hydrogen-bond donors (Lipinski definition) is 0.